The standard InChI is InChI=1S/C17H23ClF2N6O2S/c1-10(2)12-3-13(18)26-15(12)16(22-9-23-26)24-7-17(8-24)4-11(5-17)25(6-14(19)20)29(21,27)28/h3,9-11,14H,4-8H2,1-2H3,(H2,21,27,28). The van der Waals surface area contributed by atoms with Gasteiger partial charge in [-0.3, -0.25) is 0 Å². The van der Waals surface area contributed by atoms with Gasteiger partial charge < -0.3 is 4.90 Å². The van der Waals surface area contributed by atoms with Crippen LogP contribution in [0.2, 0.25) is 5.15 Å². The first-order chi connectivity index (χ1) is 13.5. The summed E-state index contributed by atoms with van der Waals surface area (Å²) in [5.74, 6) is 1.02. The van der Waals surface area contributed by atoms with Gasteiger partial charge in [0.1, 0.15) is 17.0 Å². The molecular formula is C17H23ClF2N6O2S. The summed E-state index contributed by atoms with van der Waals surface area (Å²) < 4.78 is 51.3. The molecule has 8 nitrogen and oxygen atoms in total. The van der Waals surface area contributed by atoms with Gasteiger partial charge in [-0.05, 0) is 30.4 Å². The van der Waals surface area contributed by atoms with Crippen molar-refractivity contribution in [3.63, 3.8) is 0 Å². The Kier molecular flexibility index (Phi) is 5.00. The van der Waals surface area contributed by atoms with E-state index in [-0.39, 0.29) is 11.3 Å². The second-order valence-electron chi connectivity index (χ2n) is 8.35. The molecule has 1 saturated carbocycles. The molecule has 0 aromatic carbocycles. The second kappa shape index (κ2) is 7.00. The fraction of sp³-hybridized carbons (Fsp3) is 0.647. The Bertz CT molecular complexity index is 1030. The summed E-state index contributed by atoms with van der Waals surface area (Å²) in [4.78, 5) is 6.55. The van der Waals surface area contributed by atoms with Crippen LogP contribution in [0.1, 0.15) is 38.2 Å². The molecule has 0 unspecified atom stereocenters. The summed E-state index contributed by atoms with van der Waals surface area (Å²) in [6.45, 7) is 4.62. The van der Waals surface area contributed by atoms with E-state index in [0.29, 0.717) is 31.1 Å². The Morgan fingerprint density at radius 2 is 2.03 bits per heavy atom. The highest BCUT2D eigenvalue weighted by molar-refractivity contribution is 7.86. The molecule has 3 heterocycles. The number of halogens is 3. The number of nitrogens with zero attached hydrogens (tertiary/aromatic N) is 5. The lowest BCUT2D eigenvalue weighted by Crippen LogP contribution is -2.68. The summed E-state index contributed by atoms with van der Waals surface area (Å²) in [7, 11) is -4.16. The first-order valence-electron chi connectivity index (χ1n) is 9.35. The van der Waals surface area contributed by atoms with E-state index in [0.717, 1.165) is 21.2 Å². The largest absolute Gasteiger partial charge is 0.354 e. The maximum absolute atomic E-state index is 12.8. The van der Waals surface area contributed by atoms with Crippen molar-refractivity contribution in [2.75, 3.05) is 24.5 Å². The number of hydrogen-bond donors (Lipinski definition) is 1. The second-order valence-corrected chi connectivity index (χ2v) is 10.2. The van der Waals surface area contributed by atoms with Crippen LogP contribution in [-0.4, -0.2) is 59.4 Å². The molecule has 0 amide bonds. The minimum absolute atomic E-state index is 0.105. The van der Waals surface area contributed by atoms with Gasteiger partial charge in [-0.1, -0.05) is 25.4 Å². The van der Waals surface area contributed by atoms with E-state index in [9.17, 15) is 17.2 Å². The summed E-state index contributed by atoms with van der Waals surface area (Å²) >= 11 is 6.31. The fourth-order valence-electron chi connectivity index (χ4n) is 4.60. The molecule has 12 heteroatoms. The van der Waals surface area contributed by atoms with Crippen LogP contribution in [0.15, 0.2) is 12.4 Å². The lowest BCUT2D eigenvalue weighted by molar-refractivity contribution is -0.00439. The molecule has 4 rings (SSSR count). The predicted molar refractivity (Wildman–Crippen MR) is 106 cm³/mol. The molecule has 2 N–H and O–H groups in total. The van der Waals surface area contributed by atoms with Gasteiger partial charge in [-0.15, -0.1) is 0 Å². The Labute approximate surface area is 172 Å². The van der Waals surface area contributed by atoms with Gasteiger partial charge in [0.05, 0.1) is 6.54 Å². The van der Waals surface area contributed by atoms with Crippen LogP contribution < -0.4 is 10.0 Å². The van der Waals surface area contributed by atoms with Gasteiger partial charge in [0.15, 0.2) is 5.82 Å². The van der Waals surface area contributed by atoms with Crippen molar-refractivity contribution >= 4 is 33.1 Å². The third kappa shape index (κ3) is 3.58. The maximum atomic E-state index is 12.8. The van der Waals surface area contributed by atoms with Crippen molar-refractivity contribution in [2.24, 2.45) is 10.6 Å². The summed E-state index contributed by atoms with van der Waals surface area (Å²) in [5, 5.41) is 9.89. The van der Waals surface area contributed by atoms with E-state index in [4.69, 9.17) is 16.7 Å². The molecule has 0 radical (unpaired) electrons. The van der Waals surface area contributed by atoms with Crippen molar-refractivity contribution in [2.45, 2.75) is 45.1 Å². The molecule has 2 aromatic heterocycles. The topological polar surface area (TPSA) is 96.8 Å². The zero-order chi connectivity index (χ0) is 21.1. The number of alkyl halides is 2. The number of fused-ring (bicyclic) bond motifs is 1. The summed E-state index contributed by atoms with van der Waals surface area (Å²) in [6.07, 6.45) is -0.289. The van der Waals surface area contributed by atoms with Crippen LogP contribution in [-0.2, 0) is 10.2 Å². The predicted octanol–water partition coefficient (Wildman–Crippen LogP) is 2.25. The molecule has 2 aliphatic rings. The fourth-order valence-corrected chi connectivity index (χ4v) is 5.73. The first-order valence-corrected chi connectivity index (χ1v) is 11.2. The van der Waals surface area contributed by atoms with E-state index in [1.165, 1.54) is 6.33 Å². The monoisotopic (exact) mass is 448 g/mol. The molecule has 2 aromatic rings. The average Bonchev–Trinajstić information content (AvgIpc) is 2.88. The number of hydrogen-bond acceptors (Lipinski definition) is 5. The van der Waals surface area contributed by atoms with Crippen LogP contribution in [0, 0.1) is 5.41 Å². The zero-order valence-corrected chi connectivity index (χ0v) is 17.7. The van der Waals surface area contributed by atoms with E-state index >= 15 is 0 Å². The SMILES string of the molecule is CC(C)c1cc(Cl)n2ncnc(N3CC4(CC(N(CC(F)F)S(N)(=O)=O)C4)C3)c12. The van der Waals surface area contributed by atoms with Gasteiger partial charge in [0.2, 0.25) is 0 Å². The van der Waals surface area contributed by atoms with E-state index in [2.05, 4.69) is 28.8 Å². The van der Waals surface area contributed by atoms with Gasteiger partial charge in [-0.2, -0.15) is 17.8 Å². The summed E-state index contributed by atoms with van der Waals surface area (Å²) in [6, 6.07) is 1.41. The lowest BCUT2D eigenvalue weighted by Gasteiger charge is -2.60. The molecule has 0 bridgehead atoms. The van der Waals surface area contributed by atoms with Crippen LogP contribution in [0.5, 0.6) is 0 Å². The highest BCUT2D eigenvalue weighted by Crippen LogP contribution is 2.52. The van der Waals surface area contributed by atoms with Crippen molar-refractivity contribution in [1.82, 2.24) is 18.9 Å². The first kappa shape index (κ1) is 20.7. The molecule has 1 saturated heterocycles. The summed E-state index contributed by atoms with van der Waals surface area (Å²) in [5.41, 5.74) is 1.81. The zero-order valence-electron chi connectivity index (χ0n) is 16.1. The Hall–Kier alpha value is -1.56. The molecule has 0 atom stereocenters. The van der Waals surface area contributed by atoms with Crippen LogP contribution >= 0.6 is 11.6 Å². The molecule has 1 spiro atoms. The maximum Gasteiger partial charge on any atom is 0.277 e. The van der Waals surface area contributed by atoms with Gasteiger partial charge >= 0.3 is 0 Å². The van der Waals surface area contributed by atoms with Gasteiger partial charge in [0.25, 0.3) is 16.6 Å². The van der Waals surface area contributed by atoms with Crippen molar-refractivity contribution in [1.29, 1.82) is 0 Å². The third-order valence-electron chi connectivity index (χ3n) is 5.88. The molecule has 160 valence electrons. The molecule has 1 aliphatic carbocycles. The van der Waals surface area contributed by atoms with Gasteiger partial charge in [-0.25, -0.2) is 23.4 Å². The Balaban J connectivity index is 1.51. The van der Waals surface area contributed by atoms with Crippen molar-refractivity contribution in [3.8, 4) is 0 Å². The van der Waals surface area contributed by atoms with E-state index in [1.807, 2.05) is 6.07 Å². The average molecular weight is 449 g/mol. The van der Waals surface area contributed by atoms with Crippen LogP contribution in [0.25, 0.3) is 5.52 Å². The number of anilines is 1. The smallest absolute Gasteiger partial charge is 0.277 e. The van der Waals surface area contributed by atoms with Crippen molar-refractivity contribution in [3.05, 3.63) is 23.1 Å². The molecule has 29 heavy (non-hydrogen) atoms. The molecule has 2 fully saturated rings. The number of rotatable bonds is 6. The molecule has 1 aliphatic heterocycles. The quantitative estimate of drug-likeness (QED) is 0.731. The Morgan fingerprint density at radius 1 is 1.38 bits per heavy atom. The number of aromatic nitrogens is 3. The van der Waals surface area contributed by atoms with E-state index < -0.39 is 29.2 Å². The highest BCUT2D eigenvalue weighted by atomic mass is 35.5. The molecular weight excluding hydrogens is 426 g/mol. The highest BCUT2D eigenvalue weighted by Gasteiger charge is 2.56. The van der Waals surface area contributed by atoms with Crippen LogP contribution in [0.3, 0.4) is 0 Å². The normalized spacial score (nSPS) is 19.6. The minimum Gasteiger partial charge on any atom is -0.354 e. The van der Waals surface area contributed by atoms with Crippen molar-refractivity contribution < 1.29 is 17.2 Å². The minimum atomic E-state index is -4.16. The van der Waals surface area contributed by atoms with Crippen LogP contribution in [0.4, 0.5) is 14.6 Å². The lowest BCUT2D eigenvalue weighted by atomic mass is 9.60. The number of nitrogens with two attached hydrogens (primary N) is 1. The Morgan fingerprint density at radius 3 is 2.59 bits per heavy atom. The van der Waals surface area contributed by atoms with Gasteiger partial charge in [0, 0.05) is 24.5 Å². The third-order valence-corrected chi connectivity index (χ3v) is 7.25. The van der Waals surface area contributed by atoms with E-state index in [1.54, 1.807) is 4.52 Å².